The van der Waals surface area contributed by atoms with E-state index in [2.05, 4.69) is 0 Å². The van der Waals surface area contributed by atoms with Crippen LogP contribution in [0, 0.1) is 0 Å². The van der Waals surface area contributed by atoms with E-state index < -0.39 is 6.10 Å². The van der Waals surface area contributed by atoms with Crippen LogP contribution in [0.2, 0.25) is 0 Å². The van der Waals surface area contributed by atoms with E-state index in [1.54, 1.807) is 7.05 Å². The normalized spacial score (nSPS) is 14.4. The Balaban J connectivity index is 1.92. The van der Waals surface area contributed by atoms with Crippen molar-refractivity contribution >= 4 is 5.91 Å². The fourth-order valence-corrected chi connectivity index (χ4v) is 1.82. The standard InChI is InChI=1S/C13H17NO4/c1-9(15)13(16)14(2)6-5-10-3-4-11-12(7-10)18-8-17-11/h3-4,7,9,15H,5-6,8H2,1-2H3. The van der Waals surface area contributed by atoms with Gasteiger partial charge in [0.2, 0.25) is 6.79 Å². The van der Waals surface area contributed by atoms with Crippen LogP contribution in [0.25, 0.3) is 0 Å². The molecule has 1 N–H and O–H groups in total. The lowest BCUT2D eigenvalue weighted by molar-refractivity contribution is -0.137. The summed E-state index contributed by atoms with van der Waals surface area (Å²) in [5.74, 6) is 1.24. The van der Waals surface area contributed by atoms with E-state index in [0.717, 1.165) is 17.1 Å². The van der Waals surface area contributed by atoms with Crippen LogP contribution < -0.4 is 9.47 Å². The molecule has 0 fully saturated rings. The number of carbonyl (C=O) groups is 1. The van der Waals surface area contributed by atoms with Gasteiger partial charge in [-0.15, -0.1) is 0 Å². The highest BCUT2D eigenvalue weighted by molar-refractivity contribution is 5.79. The number of nitrogens with zero attached hydrogens (tertiary/aromatic N) is 1. The van der Waals surface area contributed by atoms with E-state index in [0.29, 0.717) is 13.0 Å². The Morgan fingerprint density at radius 3 is 2.89 bits per heavy atom. The van der Waals surface area contributed by atoms with Crippen LogP contribution in [-0.4, -0.2) is 42.4 Å². The summed E-state index contributed by atoms with van der Waals surface area (Å²) in [6.07, 6.45) is -0.238. The molecule has 1 aliphatic heterocycles. The maximum atomic E-state index is 11.5. The number of benzene rings is 1. The zero-order chi connectivity index (χ0) is 13.1. The number of aliphatic hydroxyl groups excluding tert-OH is 1. The molecule has 2 rings (SSSR count). The fraction of sp³-hybridized carbons (Fsp3) is 0.462. The average molecular weight is 251 g/mol. The zero-order valence-corrected chi connectivity index (χ0v) is 10.5. The van der Waals surface area contributed by atoms with Crippen LogP contribution in [0.3, 0.4) is 0 Å². The Hall–Kier alpha value is -1.75. The first-order valence-corrected chi connectivity index (χ1v) is 5.89. The smallest absolute Gasteiger partial charge is 0.250 e. The lowest BCUT2D eigenvalue weighted by Gasteiger charge is -2.18. The molecule has 0 aromatic heterocycles. The Kier molecular flexibility index (Phi) is 3.72. The lowest BCUT2D eigenvalue weighted by atomic mass is 10.1. The predicted molar refractivity (Wildman–Crippen MR) is 65.6 cm³/mol. The van der Waals surface area contributed by atoms with Gasteiger partial charge in [-0.3, -0.25) is 4.79 Å². The molecule has 1 aromatic rings. The molecule has 0 spiro atoms. The molecule has 18 heavy (non-hydrogen) atoms. The van der Waals surface area contributed by atoms with E-state index in [1.807, 2.05) is 18.2 Å². The van der Waals surface area contributed by atoms with Gasteiger partial charge in [0.05, 0.1) is 0 Å². The van der Waals surface area contributed by atoms with Gasteiger partial charge in [-0.2, -0.15) is 0 Å². The molecular formula is C13H17NO4. The van der Waals surface area contributed by atoms with Crippen LogP contribution in [0.1, 0.15) is 12.5 Å². The first-order valence-electron chi connectivity index (χ1n) is 5.89. The second-order valence-corrected chi connectivity index (χ2v) is 4.37. The van der Waals surface area contributed by atoms with Crippen molar-refractivity contribution in [3.8, 4) is 11.5 Å². The number of amides is 1. The minimum Gasteiger partial charge on any atom is -0.454 e. The lowest BCUT2D eigenvalue weighted by Crippen LogP contribution is -2.35. The van der Waals surface area contributed by atoms with Crippen LogP contribution >= 0.6 is 0 Å². The SMILES string of the molecule is CC(O)C(=O)N(C)CCc1ccc2c(c1)OCO2. The molecule has 0 aliphatic carbocycles. The van der Waals surface area contributed by atoms with Gasteiger partial charge in [0.1, 0.15) is 6.10 Å². The monoisotopic (exact) mass is 251 g/mol. The van der Waals surface area contributed by atoms with Crippen molar-refractivity contribution in [3.05, 3.63) is 23.8 Å². The first kappa shape index (κ1) is 12.7. The number of likely N-dealkylation sites (N-methyl/N-ethyl adjacent to an activating group) is 1. The number of hydrogen-bond donors (Lipinski definition) is 1. The maximum Gasteiger partial charge on any atom is 0.250 e. The van der Waals surface area contributed by atoms with Gasteiger partial charge in [0.25, 0.3) is 5.91 Å². The van der Waals surface area contributed by atoms with E-state index in [9.17, 15) is 9.90 Å². The average Bonchev–Trinajstić information content (AvgIpc) is 2.82. The number of carbonyl (C=O) groups excluding carboxylic acids is 1. The summed E-state index contributed by atoms with van der Waals surface area (Å²) in [7, 11) is 1.68. The minimum atomic E-state index is -0.952. The van der Waals surface area contributed by atoms with Crippen LogP contribution in [-0.2, 0) is 11.2 Å². The van der Waals surface area contributed by atoms with Gasteiger partial charge in [-0.05, 0) is 31.0 Å². The highest BCUT2D eigenvalue weighted by atomic mass is 16.7. The predicted octanol–water partition coefficient (Wildman–Crippen LogP) is 0.797. The molecule has 1 amide bonds. The summed E-state index contributed by atoms with van der Waals surface area (Å²) < 4.78 is 10.5. The van der Waals surface area contributed by atoms with Crippen molar-refractivity contribution in [2.75, 3.05) is 20.4 Å². The molecule has 5 nitrogen and oxygen atoms in total. The molecule has 0 bridgehead atoms. The highest BCUT2D eigenvalue weighted by Gasteiger charge is 2.16. The summed E-state index contributed by atoms with van der Waals surface area (Å²) in [4.78, 5) is 13.0. The molecular weight excluding hydrogens is 234 g/mol. The van der Waals surface area contributed by atoms with Gasteiger partial charge in [-0.25, -0.2) is 0 Å². The van der Waals surface area contributed by atoms with Crippen LogP contribution in [0.5, 0.6) is 11.5 Å². The number of aliphatic hydroxyl groups is 1. The van der Waals surface area contributed by atoms with Crippen molar-refractivity contribution in [1.82, 2.24) is 4.90 Å². The van der Waals surface area contributed by atoms with Crippen molar-refractivity contribution in [2.24, 2.45) is 0 Å². The third-order valence-electron chi connectivity index (χ3n) is 2.91. The summed E-state index contributed by atoms with van der Waals surface area (Å²) in [6.45, 7) is 2.29. The number of rotatable bonds is 4. The molecule has 0 saturated carbocycles. The molecule has 1 unspecified atom stereocenters. The quantitative estimate of drug-likeness (QED) is 0.859. The second kappa shape index (κ2) is 5.27. The molecule has 98 valence electrons. The van der Waals surface area contributed by atoms with Gasteiger partial charge >= 0.3 is 0 Å². The Labute approximate surface area is 106 Å². The Bertz CT molecular complexity index is 445. The zero-order valence-electron chi connectivity index (χ0n) is 10.5. The number of fused-ring (bicyclic) bond motifs is 1. The van der Waals surface area contributed by atoms with Crippen LogP contribution in [0.4, 0.5) is 0 Å². The third-order valence-corrected chi connectivity index (χ3v) is 2.91. The van der Waals surface area contributed by atoms with E-state index in [1.165, 1.54) is 11.8 Å². The van der Waals surface area contributed by atoms with E-state index >= 15 is 0 Å². The molecule has 5 heteroatoms. The van der Waals surface area contributed by atoms with Crippen molar-refractivity contribution in [2.45, 2.75) is 19.4 Å². The van der Waals surface area contributed by atoms with Gasteiger partial charge in [0.15, 0.2) is 11.5 Å². The van der Waals surface area contributed by atoms with Crippen molar-refractivity contribution < 1.29 is 19.4 Å². The number of ether oxygens (including phenoxy) is 2. The highest BCUT2D eigenvalue weighted by Crippen LogP contribution is 2.32. The van der Waals surface area contributed by atoms with Crippen LogP contribution in [0.15, 0.2) is 18.2 Å². The molecule has 1 atom stereocenters. The topological polar surface area (TPSA) is 59.0 Å². The van der Waals surface area contributed by atoms with Gasteiger partial charge in [0, 0.05) is 13.6 Å². The molecule has 1 heterocycles. The minimum absolute atomic E-state index is 0.263. The van der Waals surface area contributed by atoms with Gasteiger partial charge in [-0.1, -0.05) is 6.07 Å². The first-order chi connectivity index (χ1) is 8.58. The Morgan fingerprint density at radius 1 is 1.44 bits per heavy atom. The fourth-order valence-electron chi connectivity index (χ4n) is 1.82. The summed E-state index contributed by atoms with van der Waals surface area (Å²) >= 11 is 0. The number of hydrogen-bond acceptors (Lipinski definition) is 4. The van der Waals surface area contributed by atoms with Crippen molar-refractivity contribution in [1.29, 1.82) is 0 Å². The largest absolute Gasteiger partial charge is 0.454 e. The van der Waals surface area contributed by atoms with E-state index in [-0.39, 0.29) is 12.7 Å². The molecule has 0 radical (unpaired) electrons. The summed E-state index contributed by atoms with van der Waals surface area (Å²) in [6, 6.07) is 5.74. The molecule has 1 aliphatic rings. The summed E-state index contributed by atoms with van der Waals surface area (Å²) in [5, 5.41) is 9.19. The van der Waals surface area contributed by atoms with Gasteiger partial charge < -0.3 is 19.5 Å². The third kappa shape index (κ3) is 2.73. The molecule has 1 aromatic carbocycles. The molecule has 0 saturated heterocycles. The summed E-state index contributed by atoms with van der Waals surface area (Å²) in [5.41, 5.74) is 1.07. The Morgan fingerprint density at radius 2 is 2.17 bits per heavy atom. The maximum absolute atomic E-state index is 11.5. The second-order valence-electron chi connectivity index (χ2n) is 4.37. The van der Waals surface area contributed by atoms with E-state index in [4.69, 9.17) is 9.47 Å². The van der Waals surface area contributed by atoms with Crippen molar-refractivity contribution in [3.63, 3.8) is 0 Å².